The van der Waals surface area contributed by atoms with Gasteiger partial charge in [0.25, 0.3) is 10.0 Å². The van der Waals surface area contributed by atoms with E-state index in [0.717, 1.165) is 49.3 Å². The molecule has 3 N–H and O–H groups in total. The lowest BCUT2D eigenvalue weighted by atomic mass is 10.1. The molecule has 2 aromatic heterocycles. The fraction of sp³-hybridized carbons (Fsp3) is 0.192. The highest BCUT2D eigenvalue weighted by molar-refractivity contribution is 7.99. The Labute approximate surface area is 229 Å². The molecular formula is C26H24ClFN6O2S2. The van der Waals surface area contributed by atoms with Crippen molar-refractivity contribution in [3.63, 3.8) is 0 Å². The Bertz CT molecular complexity index is 1550. The predicted octanol–water partition coefficient (Wildman–Crippen LogP) is 5.45. The number of aromatic nitrogens is 3. The van der Waals surface area contributed by atoms with E-state index in [1.165, 1.54) is 24.3 Å². The number of sulfonamides is 1. The lowest BCUT2D eigenvalue weighted by Gasteiger charge is -2.23. The maximum absolute atomic E-state index is 15.1. The molecule has 196 valence electrons. The minimum atomic E-state index is -3.98. The van der Waals surface area contributed by atoms with E-state index in [2.05, 4.69) is 30.3 Å². The van der Waals surface area contributed by atoms with Gasteiger partial charge in [-0.3, -0.25) is 4.72 Å². The maximum Gasteiger partial charge on any atom is 0.263 e. The Balaban J connectivity index is 1.35. The Morgan fingerprint density at radius 1 is 1.05 bits per heavy atom. The van der Waals surface area contributed by atoms with Gasteiger partial charge in [0.2, 0.25) is 5.95 Å². The highest BCUT2D eigenvalue weighted by Gasteiger charge is 2.19. The first kappa shape index (κ1) is 26.4. The molecule has 0 amide bonds. The molecule has 0 radical (unpaired) electrons. The van der Waals surface area contributed by atoms with E-state index in [9.17, 15) is 8.42 Å². The van der Waals surface area contributed by atoms with E-state index in [1.54, 1.807) is 36.7 Å². The third kappa shape index (κ3) is 6.24. The first-order chi connectivity index (χ1) is 18.4. The molecule has 3 heterocycles. The van der Waals surface area contributed by atoms with Crippen molar-refractivity contribution >= 4 is 45.0 Å². The minimum absolute atomic E-state index is 0.0776. The van der Waals surface area contributed by atoms with Crippen molar-refractivity contribution in [2.24, 2.45) is 0 Å². The van der Waals surface area contributed by atoms with Crippen LogP contribution < -0.4 is 15.4 Å². The SMILES string of the molecule is O=S(=O)(Nc1ccc(Sc2ncccc2-c2ccnc(N[C@H]3CCCNC3)n2)c(F)c1)c1ccccc1Cl. The zero-order chi connectivity index (χ0) is 26.5. The second-order valence-corrected chi connectivity index (χ2v) is 11.7. The number of hydrogen-bond donors (Lipinski definition) is 3. The van der Waals surface area contributed by atoms with E-state index in [-0.39, 0.29) is 26.5 Å². The first-order valence-electron chi connectivity index (χ1n) is 11.9. The van der Waals surface area contributed by atoms with Gasteiger partial charge in [-0.25, -0.2) is 27.8 Å². The standard InChI is InChI=1S/C26H24ClFN6O2S2/c27-20-7-1-2-8-24(20)38(35,36)34-17-9-10-23(21(28)15-17)37-25-19(6-4-13-30-25)22-11-14-31-26(33-22)32-18-5-3-12-29-16-18/h1-2,4,6-11,13-15,18,29,34H,3,5,12,16H2,(H,31,32,33)/t18-/m0/s1. The Morgan fingerprint density at radius 3 is 2.71 bits per heavy atom. The van der Waals surface area contributed by atoms with Crippen molar-refractivity contribution in [2.75, 3.05) is 23.1 Å². The molecule has 0 saturated carbocycles. The molecule has 12 heteroatoms. The monoisotopic (exact) mass is 570 g/mol. The molecule has 0 bridgehead atoms. The highest BCUT2D eigenvalue weighted by atomic mass is 35.5. The van der Waals surface area contributed by atoms with E-state index < -0.39 is 15.8 Å². The molecule has 1 atom stereocenters. The molecule has 2 aromatic carbocycles. The Hall–Kier alpha value is -3.25. The van der Waals surface area contributed by atoms with Gasteiger partial charge in [-0.15, -0.1) is 0 Å². The van der Waals surface area contributed by atoms with Crippen LogP contribution in [0.2, 0.25) is 5.02 Å². The van der Waals surface area contributed by atoms with Gasteiger partial charge >= 0.3 is 0 Å². The molecule has 0 unspecified atom stereocenters. The molecule has 1 aliphatic rings. The summed E-state index contributed by atoms with van der Waals surface area (Å²) in [5, 5.41) is 7.37. The fourth-order valence-electron chi connectivity index (χ4n) is 4.03. The zero-order valence-corrected chi connectivity index (χ0v) is 22.5. The van der Waals surface area contributed by atoms with Crippen molar-refractivity contribution in [2.45, 2.75) is 33.7 Å². The van der Waals surface area contributed by atoms with Crippen molar-refractivity contribution in [3.05, 3.63) is 83.9 Å². The predicted molar refractivity (Wildman–Crippen MR) is 148 cm³/mol. The van der Waals surface area contributed by atoms with Gasteiger partial charge < -0.3 is 10.6 Å². The lowest BCUT2D eigenvalue weighted by molar-refractivity contribution is 0.478. The van der Waals surface area contributed by atoms with Crippen LogP contribution in [0.15, 0.2) is 87.9 Å². The molecule has 1 fully saturated rings. The van der Waals surface area contributed by atoms with E-state index >= 15 is 4.39 Å². The second-order valence-electron chi connectivity index (χ2n) is 8.59. The molecule has 38 heavy (non-hydrogen) atoms. The largest absolute Gasteiger partial charge is 0.350 e. The normalized spacial score (nSPS) is 15.7. The molecule has 0 spiro atoms. The van der Waals surface area contributed by atoms with E-state index in [0.29, 0.717) is 16.7 Å². The summed E-state index contributed by atoms with van der Waals surface area (Å²) in [6.07, 6.45) is 5.44. The van der Waals surface area contributed by atoms with Gasteiger partial charge in [0.1, 0.15) is 15.7 Å². The summed E-state index contributed by atoms with van der Waals surface area (Å²) >= 11 is 7.15. The van der Waals surface area contributed by atoms with Gasteiger partial charge in [0, 0.05) is 35.4 Å². The molecule has 5 rings (SSSR count). The summed E-state index contributed by atoms with van der Waals surface area (Å²) in [6.45, 7) is 1.87. The van der Waals surface area contributed by atoms with Crippen LogP contribution in [-0.2, 0) is 10.0 Å². The number of pyridine rings is 1. The van der Waals surface area contributed by atoms with Crippen LogP contribution in [0, 0.1) is 5.82 Å². The zero-order valence-electron chi connectivity index (χ0n) is 20.1. The Morgan fingerprint density at radius 2 is 1.92 bits per heavy atom. The second kappa shape index (κ2) is 11.6. The average molecular weight is 571 g/mol. The van der Waals surface area contributed by atoms with Gasteiger partial charge in [0.15, 0.2) is 0 Å². The summed E-state index contributed by atoms with van der Waals surface area (Å²) in [6, 6.07) is 15.9. The number of nitrogens with one attached hydrogen (secondary N) is 3. The summed E-state index contributed by atoms with van der Waals surface area (Å²) in [7, 11) is -3.98. The smallest absolute Gasteiger partial charge is 0.263 e. The van der Waals surface area contributed by atoms with Crippen LogP contribution in [0.3, 0.4) is 0 Å². The molecule has 4 aromatic rings. The number of anilines is 2. The number of rotatable bonds is 8. The van der Waals surface area contributed by atoms with Crippen LogP contribution in [-0.4, -0.2) is 42.5 Å². The van der Waals surface area contributed by atoms with Gasteiger partial charge in [-0.2, -0.15) is 0 Å². The van der Waals surface area contributed by atoms with Crippen LogP contribution >= 0.6 is 23.4 Å². The number of hydrogen-bond acceptors (Lipinski definition) is 8. The average Bonchev–Trinajstić information content (AvgIpc) is 2.91. The first-order valence-corrected chi connectivity index (χ1v) is 14.6. The molecule has 8 nitrogen and oxygen atoms in total. The lowest BCUT2D eigenvalue weighted by Crippen LogP contribution is -2.38. The van der Waals surface area contributed by atoms with E-state index in [4.69, 9.17) is 11.6 Å². The third-order valence-electron chi connectivity index (χ3n) is 5.85. The summed E-state index contributed by atoms with van der Waals surface area (Å²) in [4.78, 5) is 13.7. The topological polar surface area (TPSA) is 109 Å². The molecule has 0 aliphatic carbocycles. The van der Waals surface area contributed by atoms with Crippen LogP contribution in [0.4, 0.5) is 16.0 Å². The number of benzene rings is 2. The van der Waals surface area contributed by atoms with Gasteiger partial charge in [-0.05, 0) is 67.9 Å². The van der Waals surface area contributed by atoms with Crippen molar-refractivity contribution in [1.82, 2.24) is 20.3 Å². The van der Waals surface area contributed by atoms with Crippen LogP contribution in [0.5, 0.6) is 0 Å². The summed E-state index contributed by atoms with van der Waals surface area (Å²) < 4.78 is 42.9. The summed E-state index contributed by atoms with van der Waals surface area (Å²) in [5.41, 5.74) is 1.47. The quantitative estimate of drug-likeness (QED) is 0.257. The molecule has 1 aliphatic heterocycles. The maximum atomic E-state index is 15.1. The molecular weight excluding hydrogens is 547 g/mol. The van der Waals surface area contributed by atoms with Crippen molar-refractivity contribution < 1.29 is 12.8 Å². The molecule has 1 saturated heterocycles. The minimum Gasteiger partial charge on any atom is -0.350 e. The number of piperidine rings is 1. The van der Waals surface area contributed by atoms with Crippen molar-refractivity contribution in [3.8, 4) is 11.3 Å². The van der Waals surface area contributed by atoms with E-state index in [1.807, 2.05) is 6.07 Å². The van der Waals surface area contributed by atoms with Crippen LogP contribution in [0.25, 0.3) is 11.3 Å². The third-order valence-corrected chi connectivity index (χ3v) is 8.80. The number of halogens is 2. The van der Waals surface area contributed by atoms with Gasteiger partial charge in [0.05, 0.1) is 16.4 Å². The number of nitrogens with zero attached hydrogens (tertiary/aromatic N) is 3. The van der Waals surface area contributed by atoms with Gasteiger partial charge in [-0.1, -0.05) is 35.5 Å². The highest BCUT2D eigenvalue weighted by Crippen LogP contribution is 2.36. The summed E-state index contributed by atoms with van der Waals surface area (Å²) in [5.74, 6) is -0.0712. The van der Waals surface area contributed by atoms with Crippen LogP contribution in [0.1, 0.15) is 12.8 Å². The van der Waals surface area contributed by atoms with Crippen molar-refractivity contribution in [1.29, 1.82) is 0 Å². The fourth-order valence-corrected chi connectivity index (χ4v) is 6.49. The Kier molecular flexibility index (Phi) is 8.08.